The maximum Gasteiger partial charge on any atom is 0.359 e. The monoisotopic (exact) mass is 421 g/mol. The number of fused-ring (bicyclic) bond motifs is 1. The number of rotatable bonds is 6. The van der Waals surface area contributed by atoms with Gasteiger partial charge in [-0.1, -0.05) is 25.1 Å². The lowest BCUT2D eigenvalue weighted by Crippen LogP contribution is -2.43. The molecule has 0 aliphatic carbocycles. The molecule has 0 bridgehead atoms. The summed E-state index contributed by atoms with van der Waals surface area (Å²) in [5.41, 5.74) is -0.397. The van der Waals surface area contributed by atoms with Gasteiger partial charge < -0.3 is 9.64 Å². The highest BCUT2D eigenvalue weighted by molar-refractivity contribution is 7.91. The minimum absolute atomic E-state index is 0.0545. The van der Waals surface area contributed by atoms with Gasteiger partial charge in [0.25, 0.3) is 11.5 Å². The van der Waals surface area contributed by atoms with Gasteiger partial charge >= 0.3 is 5.97 Å². The average molecular weight is 421 g/mol. The Labute approximate surface area is 168 Å². The zero-order chi connectivity index (χ0) is 21.2. The molecule has 0 saturated carbocycles. The Balaban J connectivity index is 1.76. The van der Waals surface area contributed by atoms with Crippen LogP contribution in [-0.4, -0.2) is 65.7 Å². The van der Waals surface area contributed by atoms with Crippen molar-refractivity contribution in [2.24, 2.45) is 7.05 Å². The van der Waals surface area contributed by atoms with Crippen molar-refractivity contribution < 1.29 is 22.7 Å². The average Bonchev–Trinajstić information content (AvgIpc) is 3.06. The van der Waals surface area contributed by atoms with E-state index < -0.39 is 34.4 Å². The highest BCUT2D eigenvalue weighted by atomic mass is 32.2. The summed E-state index contributed by atoms with van der Waals surface area (Å²) in [4.78, 5) is 38.8. The SMILES string of the molecule is CCCN(C(=O)COC(=O)c1nn(C)c(=O)c2ccccc12)[C@H]1CCS(=O)(=O)C1. The largest absolute Gasteiger partial charge is 0.451 e. The highest BCUT2D eigenvalue weighted by Crippen LogP contribution is 2.19. The molecular weight excluding hydrogens is 398 g/mol. The number of carbonyl (C=O) groups is 2. The number of nitrogens with zero attached hydrogens (tertiary/aromatic N) is 3. The standard InChI is InChI=1S/C19H23N3O6S/c1-3-9-22(13-8-10-29(26,27)12-13)16(23)11-28-19(25)17-14-6-4-5-7-15(14)18(24)21(2)20-17/h4-7,13H,3,8-12H2,1-2H3/t13-/m0/s1. The summed E-state index contributed by atoms with van der Waals surface area (Å²) in [5.74, 6) is -1.28. The smallest absolute Gasteiger partial charge is 0.359 e. The van der Waals surface area contributed by atoms with Gasteiger partial charge in [-0.25, -0.2) is 17.9 Å². The van der Waals surface area contributed by atoms with Crippen molar-refractivity contribution in [1.82, 2.24) is 14.7 Å². The summed E-state index contributed by atoms with van der Waals surface area (Å²) in [6.07, 6.45) is 1.04. The maximum absolute atomic E-state index is 12.6. The number of sulfone groups is 1. The number of hydrogen-bond donors (Lipinski definition) is 0. The van der Waals surface area contributed by atoms with Crippen molar-refractivity contribution in [3.8, 4) is 0 Å². The van der Waals surface area contributed by atoms with Crippen LogP contribution in [0.1, 0.15) is 30.3 Å². The number of esters is 1. The number of aryl methyl sites for hydroxylation is 1. The topological polar surface area (TPSA) is 116 Å². The molecule has 1 fully saturated rings. The molecule has 3 rings (SSSR count). The minimum Gasteiger partial charge on any atom is -0.451 e. The van der Waals surface area contributed by atoms with E-state index in [0.29, 0.717) is 30.2 Å². The summed E-state index contributed by atoms with van der Waals surface area (Å²) in [6, 6.07) is 6.14. The Kier molecular flexibility index (Phi) is 6.02. The van der Waals surface area contributed by atoms with E-state index in [4.69, 9.17) is 4.74 Å². The molecule has 156 valence electrons. The summed E-state index contributed by atoms with van der Waals surface area (Å²) in [7, 11) is -1.71. The van der Waals surface area contributed by atoms with Crippen molar-refractivity contribution in [3.05, 3.63) is 40.3 Å². The van der Waals surface area contributed by atoms with E-state index in [9.17, 15) is 22.8 Å². The first-order valence-electron chi connectivity index (χ1n) is 9.36. The van der Waals surface area contributed by atoms with Gasteiger partial charge in [0.15, 0.2) is 22.1 Å². The van der Waals surface area contributed by atoms with Gasteiger partial charge in [-0.15, -0.1) is 0 Å². The number of benzene rings is 1. The number of aromatic nitrogens is 2. The number of amides is 1. The van der Waals surface area contributed by atoms with E-state index in [0.717, 1.165) is 4.68 Å². The molecule has 1 atom stereocenters. The van der Waals surface area contributed by atoms with Gasteiger partial charge in [0.1, 0.15) is 0 Å². The van der Waals surface area contributed by atoms with Crippen LogP contribution in [0.15, 0.2) is 29.1 Å². The van der Waals surface area contributed by atoms with Crippen molar-refractivity contribution in [3.63, 3.8) is 0 Å². The van der Waals surface area contributed by atoms with Crippen LogP contribution in [-0.2, 0) is 26.4 Å². The van der Waals surface area contributed by atoms with Crippen LogP contribution in [0, 0.1) is 0 Å². The van der Waals surface area contributed by atoms with Crippen LogP contribution in [0.4, 0.5) is 0 Å². The van der Waals surface area contributed by atoms with Crippen LogP contribution in [0.5, 0.6) is 0 Å². The fraction of sp³-hybridized carbons (Fsp3) is 0.474. The van der Waals surface area contributed by atoms with E-state index in [2.05, 4.69) is 5.10 Å². The van der Waals surface area contributed by atoms with Crippen LogP contribution >= 0.6 is 0 Å². The molecule has 0 N–H and O–H groups in total. The van der Waals surface area contributed by atoms with Gasteiger partial charge in [0, 0.05) is 25.0 Å². The lowest BCUT2D eigenvalue weighted by Gasteiger charge is -2.27. The third kappa shape index (κ3) is 4.47. The molecule has 1 aromatic heterocycles. The molecule has 1 amide bonds. The molecule has 0 spiro atoms. The molecule has 1 aliphatic heterocycles. The fourth-order valence-electron chi connectivity index (χ4n) is 3.50. The molecule has 29 heavy (non-hydrogen) atoms. The Morgan fingerprint density at radius 3 is 2.59 bits per heavy atom. The molecule has 1 saturated heterocycles. The maximum atomic E-state index is 12.6. The summed E-state index contributed by atoms with van der Waals surface area (Å²) >= 11 is 0. The number of ether oxygens (including phenoxy) is 1. The second kappa shape index (κ2) is 8.32. The first-order chi connectivity index (χ1) is 13.7. The summed E-state index contributed by atoms with van der Waals surface area (Å²) in [6.45, 7) is 1.75. The third-order valence-electron chi connectivity index (χ3n) is 4.91. The molecule has 1 aromatic carbocycles. The first-order valence-corrected chi connectivity index (χ1v) is 11.2. The highest BCUT2D eigenvalue weighted by Gasteiger charge is 2.34. The predicted molar refractivity (Wildman–Crippen MR) is 106 cm³/mol. The minimum atomic E-state index is -3.14. The van der Waals surface area contributed by atoms with Crippen molar-refractivity contribution in [2.45, 2.75) is 25.8 Å². The van der Waals surface area contributed by atoms with Gasteiger partial charge in [0.2, 0.25) is 0 Å². The predicted octanol–water partition coefficient (Wildman–Crippen LogP) is 0.516. The van der Waals surface area contributed by atoms with E-state index in [1.54, 1.807) is 24.3 Å². The van der Waals surface area contributed by atoms with Crippen molar-refractivity contribution in [2.75, 3.05) is 24.7 Å². The van der Waals surface area contributed by atoms with Gasteiger partial charge in [-0.05, 0) is 18.9 Å². The van der Waals surface area contributed by atoms with E-state index in [1.807, 2.05) is 6.92 Å². The lowest BCUT2D eigenvalue weighted by atomic mass is 10.1. The van der Waals surface area contributed by atoms with E-state index in [1.165, 1.54) is 11.9 Å². The molecule has 10 heteroatoms. The summed E-state index contributed by atoms with van der Waals surface area (Å²) < 4.78 is 29.7. The summed E-state index contributed by atoms with van der Waals surface area (Å²) in [5, 5.41) is 4.66. The second-order valence-corrected chi connectivity index (χ2v) is 9.27. The van der Waals surface area contributed by atoms with Gasteiger partial charge in [-0.3, -0.25) is 9.59 Å². The van der Waals surface area contributed by atoms with Crippen LogP contribution < -0.4 is 5.56 Å². The third-order valence-corrected chi connectivity index (χ3v) is 6.66. The Hall–Kier alpha value is -2.75. The van der Waals surface area contributed by atoms with Gasteiger partial charge in [0.05, 0.1) is 16.9 Å². The Morgan fingerprint density at radius 1 is 1.28 bits per heavy atom. The first kappa shape index (κ1) is 21.0. The van der Waals surface area contributed by atoms with Crippen LogP contribution in [0.2, 0.25) is 0 Å². The zero-order valence-corrected chi connectivity index (χ0v) is 17.1. The quantitative estimate of drug-likeness (QED) is 0.624. The van der Waals surface area contributed by atoms with Crippen LogP contribution in [0.25, 0.3) is 10.8 Å². The molecule has 0 radical (unpaired) electrons. The van der Waals surface area contributed by atoms with E-state index >= 15 is 0 Å². The molecular formula is C19H23N3O6S. The molecule has 2 heterocycles. The molecule has 2 aromatic rings. The van der Waals surface area contributed by atoms with Crippen molar-refractivity contribution in [1.29, 1.82) is 0 Å². The lowest BCUT2D eigenvalue weighted by molar-refractivity contribution is -0.136. The molecule has 0 unspecified atom stereocenters. The normalized spacial score (nSPS) is 17.9. The zero-order valence-electron chi connectivity index (χ0n) is 16.3. The van der Waals surface area contributed by atoms with Crippen LogP contribution in [0.3, 0.4) is 0 Å². The number of carbonyl (C=O) groups excluding carboxylic acids is 2. The van der Waals surface area contributed by atoms with Crippen molar-refractivity contribution >= 4 is 32.5 Å². The fourth-order valence-corrected chi connectivity index (χ4v) is 5.23. The van der Waals surface area contributed by atoms with E-state index in [-0.39, 0.29) is 22.8 Å². The number of hydrogen-bond acceptors (Lipinski definition) is 7. The van der Waals surface area contributed by atoms with Gasteiger partial charge in [-0.2, -0.15) is 5.10 Å². The second-order valence-electron chi connectivity index (χ2n) is 7.04. The Morgan fingerprint density at radius 2 is 1.97 bits per heavy atom. The Bertz CT molecular complexity index is 1110. The molecule has 9 nitrogen and oxygen atoms in total. The molecule has 1 aliphatic rings.